The van der Waals surface area contributed by atoms with Crippen molar-refractivity contribution in [2.24, 2.45) is 0 Å². The Hall–Kier alpha value is -2.27. The molecule has 0 aliphatic heterocycles. The Kier molecular flexibility index (Phi) is 6.23. The van der Waals surface area contributed by atoms with Crippen LogP contribution in [0.15, 0.2) is 53.1 Å². The van der Waals surface area contributed by atoms with E-state index in [2.05, 4.69) is 5.32 Å². The Labute approximate surface area is 136 Å². The number of amides is 1. The van der Waals surface area contributed by atoms with Crippen LogP contribution in [0.1, 0.15) is 32.1 Å². The molecule has 0 radical (unpaired) electrons. The molecule has 1 aromatic heterocycles. The highest BCUT2D eigenvalue weighted by Crippen LogP contribution is 2.15. The van der Waals surface area contributed by atoms with Gasteiger partial charge < -0.3 is 19.7 Å². The zero-order valence-electron chi connectivity index (χ0n) is 13.6. The topological polar surface area (TPSA) is 65.7 Å². The third-order valence-corrected chi connectivity index (χ3v) is 3.71. The highest BCUT2D eigenvalue weighted by Gasteiger charge is 2.17. The van der Waals surface area contributed by atoms with Crippen molar-refractivity contribution in [3.8, 4) is 0 Å². The summed E-state index contributed by atoms with van der Waals surface area (Å²) in [6.45, 7) is 4.41. The Morgan fingerprint density at radius 3 is 2.61 bits per heavy atom. The van der Waals surface area contributed by atoms with Crippen molar-refractivity contribution in [1.29, 1.82) is 0 Å². The highest BCUT2D eigenvalue weighted by atomic mass is 16.3. The van der Waals surface area contributed by atoms with Gasteiger partial charge in [0, 0.05) is 12.2 Å². The molecule has 2 N–H and O–H groups in total. The number of benzene rings is 1. The quantitative estimate of drug-likeness (QED) is 0.786. The SMILES string of the molecule is CCC(O)CN(CC(=O)NC(C)c1ccco1)c1ccccc1. The maximum absolute atomic E-state index is 12.3. The Balaban J connectivity index is 2.00. The average molecular weight is 316 g/mol. The molecule has 1 aromatic carbocycles. The number of carbonyl (C=O) groups excluding carboxylic acids is 1. The van der Waals surface area contributed by atoms with E-state index in [1.807, 2.05) is 55.1 Å². The minimum atomic E-state index is -0.467. The van der Waals surface area contributed by atoms with Crippen molar-refractivity contribution in [2.45, 2.75) is 32.4 Å². The van der Waals surface area contributed by atoms with E-state index in [1.54, 1.807) is 12.3 Å². The molecule has 1 amide bonds. The first kappa shape index (κ1) is 17.1. The molecule has 2 atom stereocenters. The molecule has 0 aliphatic carbocycles. The Bertz CT molecular complexity index is 584. The fourth-order valence-electron chi connectivity index (χ4n) is 2.35. The summed E-state index contributed by atoms with van der Waals surface area (Å²) in [6, 6.07) is 13.1. The van der Waals surface area contributed by atoms with E-state index in [1.165, 1.54) is 0 Å². The lowest BCUT2D eigenvalue weighted by atomic mass is 10.2. The second-order valence-electron chi connectivity index (χ2n) is 5.58. The Morgan fingerprint density at radius 1 is 1.26 bits per heavy atom. The fourth-order valence-corrected chi connectivity index (χ4v) is 2.35. The Morgan fingerprint density at radius 2 is 2.00 bits per heavy atom. The van der Waals surface area contributed by atoms with E-state index < -0.39 is 6.10 Å². The van der Waals surface area contributed by atoms with E-state index in [-0.39, 0.29) is 18.5 Å². The summed E-state index contributed by atoms with van der Waals surface area (Å²) in [5.74, 6) is 0.610. The maximum Gasteiger partial charge on any atom is 0.240 e. The van der Waals surface area contributed by atoms with Gasteiger partial charge in [-0.05, 0) is 37.6 Å². The summed E-state index contributed by atoms with van der Waals surface area (Å²) in [5, 5.41) is 12.9. The van der Waals surface area contributed by atoms with Crippen LogP contribution in [0.4, 0.5) is 5.69 Å². The van der Waals surface area contributed by atoms with Gasteiger partial charge in [-0.3, -0.25) is 4.79 Å². The van der Waals surface area contributed by atoms with Crippen LogP contribution in [-0.2, 0) is 4.79 Å². The molecule has 0 spiro atoms. The van der Waals surface area contributed by atoms with Crippen molar-refractivity contribution in [3.05, 3.63) is 54.5 Å². The molecule has 0 aliphatic rings. The first-order valence-corrected chi connectivity index (χ1v) is 7.91. The van der Waals surface area contributed by atoms with Gasteiger partial charge in [0.1, 0.15) is 5.76 Å². The number of nitrogens with zero attached hydrogens (tertiary/aromatic N) is 1. The predicted molar refractivity (Wildman–Crippen MR) is 90.2 cm³/mol. The van der Waals surface area contributed by atoms with Crippen LogP contribution in [0, 0.1) is 0 Å². The van der Waals surface area contributed by atoms with Crippen LogP contribution in [0.25, 0.3) is 0 Å². The van der Waals surface area contributed by atoms with Gasteiger partial charge in [0.15, 0.2) is 0 Å². The van der Waals surface area contributed by atoms with Crippen LogP contribution in [-0.4, -0.2) is 30.2 Å². The van der Waals surface area contributed by atoms with Gasteiger partial charge in [0.2, 0.25) is 5.91 Å². The smallest absolute Gasteiger partial charge is 0.240 e. The zero-order chi connectivity index (χ0) is 16.7. The van der Waals surface area contributed by atoms with Gasteiger partial charge in [-0.2, -0.15) is 0 Å². The summed E-state index contributed by atoms with van der Waals surface area (Å²) >= 11 is 0. The molecule has 124 valence electrons. The molecular weight excluding hydrogens is 292 g/mol. The number of anilines is 1. The van der Waals surface area contributed by atoms with Gasteiger partial charge in [0.05, 0.1) is 25.0 Å². The molecule has 2 aromatic rings. The van der Waals surface area contributed by atoms with Crippen molar-refractivity contribution >= 4 is 11.6 Å². The van der Waals surface area contributed by atoms with E-state index in [9.17, 15) is 9.90 Å². The second-order valence-corrected chi connectivity index (χ2v) is 5.58. The molecule has 0 bridgehead atoms. The van der Waals surface area contributed by atoms with Crippen LogP contribution in [0.2, 0.25) is 0 Å². The monoisotopic (exact) mass is 316 g/mol. The average Bonchev–Trinajstić information content (AvgIpc) is 3.09. The van der Waals surface area contributed by atoms with Crippen LogP contribution >= 0.6 is 0 Å². The molecule has 0 saturated heterocycles. The zero-order valence-corrected chi connectivity index (χ0v) is 13.6. The molecular formula is C18H24N2O3. The summed E-state index contributed by atoms with van der Waals surface area (Å²) < 4.78 is 5.30. The van der Waals surface area contributed by atoms with Crippen LogP contribution in [0.3, 0.4) is 0 Å². The van der Waals surface area contributed by atoms with E-state index >= 15 is 0 Å². The number of carbonyl (C=O) groups is 1. The van der Waals surface area contributed by atoms with Crippen molar-refractivity contribution in [2.75, 3.05) is 18.0 Å². The molecule has 0 saturated carbocycles. The molecule has 5 nitrogen and oxygen atoms in total. The first-order chi connectivity index (χ1) is 11.1. The van der Waals surface area contributed by atoms with Gasteiger partial charge in [-0.15, -0.1) is 0 Å². The van der Waals surface area contributed by atoms with E-state index in [4.69, 9.17) is 4.42 Å². The molecule has 2 unspecified atom stereocenters. The first-order valence-electron chi connectivity index (χ1n) is 7.91. The number of aliphatic hydroxyl groups excluding tert-OH is 1. The van der Waals surface area contributed by atoms with E-state index in [0.29, 0.717) is 13.0 Å². The summed E-state index contributed by atoms with van der Waals surface area (Å²) in [6.07, 6.45) is 1.77. The number of rotatable bonds is 8. The van der Waals surface area contributed by atoms with Crippen LogP contribution in [0.5, 0.6) is 0 Å². The van der Waals surface area contributed by atoms with Crippen LogP contribution < -0.4 is 10.2 Å². The molecule has 5 heteroatoms. The van der Waals surface area contributed by atoms with Gasteiger partial charge in [0.25, 0.3) is 0 Å². The lowest BCUT2D eigenvalue weighted by Crippen LogP contribution is -2.41. The summed E-state index contributed by atoms with van der Waals surface area (Å²) in [5.41, 5.74) is 0.917. The normalized spacial score (nSPS) is 13.3. The number of nitrogens with one attached hydrogen (secondary N) is 1. The predicted octanol–water partition coefficient (Wildman–Crippen LogP) is 2.73. The largest absolute Gasteiger partial charge is 0.467 e. The van der Waals surface area contributed by atoms with Crippen molar-refractivity contribution in [3.63, 3.8) is 0 Å². The molecule has 0 fully saturated rings. The van der Waals surface area contributed by atoms with Gasteiger partial charge in [-0.1, -0.05) is 25.1 Å². The lowest BCUT2D eigenvalue weighted by molar-refractivity contribution is -0.120. The lowest BCUT2D eigenvalue weighted by Gasteiger charge is -2.27. The highest BCUT2D eigenvalue weighted by molar-refractivity contribution is 5.81. The molecule has 2 rings (SSSR count). The minimum absolute atomic E-state index is 0.110. The van der Waals surface area contributed by atoms with Crippen molar-refractivity contribution < 1.29 is 14.3 Å². The number of aliphatic hydroxyl groups is 1. The third-order valence-electron chi connectivity index (χ3n) is 3.71. The number of hydrogen-bond donors (Lipinski definition) is 2. The number of furan rings is 1. The maximum atomic E-state index is 12.3. The standard InChI is InChI=1S/C18H24N2O3/c1-3-16(21)12-20(15-8-5-4-6-9-15)13-18(22)19-14(2)17-10-7-11-23-17/h4-11,14,16,21H,3,12-13H2,1-2H3,(H,19,22). The van der Waals surface area contributed by atoms with Crippen molar-refractivity contribution in [1.82, 2.24) is 5.32 Å². The second kappa shape index (κ2) is 8.39. The molecule has 1 heterocycles. The van der Waals surface area contributed by atoms with Gasteiger partial charge in [-0.25, -0.2) is 0 Å². The third kappa shape index (κ3) is 5.14. The molecule has 23 heavy (non-hydrogen) atoms. The summed E-state index contributed by atoms with van der Waals surface area (Å²) in [7, 11) is 0. The fraction of sp³-hybridized carbons (Fsp3) is 0.389. The van der Waals surface area contributed by atoms with E-state index in [0.717, 1.165) is 11.4 Å². The summed E-state index contributed by atoms with van der Waals surface area (Å²) in [4.78, 5) is 14.2. The number of hydrogen-bond acceptors (Lipinski definition) is 4. The minimum Gasteiger partial charge on any atom is -0.467 e. The van der Waals surface area contributed by atoms with Gasteiger partial charge >= 0.3 is 0 Å². The number of para-hydroxylation sites is 1.